The number of nitriles is 1. The van der Waals surface area contributed by atoms with Gasteiger partial charge in [0.15, 0.2) is 0 Å². The van der Waals surface area contributed by atoms with Gasteiger partial charge in [-0.25, -0.2) is 0 Å². The molecule has 0 heterocycles. The Morgan fingerprint density at radius 2 is 1.88 bits per heavy atom. The van der Waals surface area contributed by atoms with Crippen LogP contribution in [-0.2, 0) is 4.79 Å². The highest BCUT2D eigenvalue weighted by Crippen LogP contribution is 2.21. The van der Waals surface area contributed by atoms with Crippen molar-refractivity contribution in [2.75, 3.05) is 20.1 Å². The van der Waals surface area contributed by atoms with E-state index < -0.39 is 5.97 Å². The third kappa shape index (κ3) is 9.83. The smallest absolute Gasteiger partial charge is 0.303 e. The number of aliphatic carboxylic acids is 1. The van der Waals surface area contributed by atoms with Gasteiger partial charge in [0, 0.05) is 6.42 Å². The number of nitrogens with zero attached hydrogens (tertiary/aromatic N) is 2. The number of hydrogen-bond donors (Lipinski definition) is 1. The first-order chi connectivity index (χ1) is 7.87. The number of unbranched alkanes of at least 4 members (excludes halogenated alkanes) is 1. The Morgan fingerprint density at radius 3 is 2.41 bits per heavy atom. The molecule has 98 valence electrons. The third-order valence-corrected chi connectivity index (χ3v) is 2.82. The number of hydrogen-bond acceptors (Lipinski definition) is 3. The van der Waals surface area contributed by atoms with Gasteiger partial charge in [0.2, 0.25) is 0 Å². The fourth-order valence-electron chi connectivity index (χ4n) is 1.62. The normalized spacial score (nSPS) is 11.5. The van der Waals surface area contributed by atoms with Crippen molar-refractivity contribution in [3.05, 3.63) is 0 Å². The molecule has 0 aliphatic heterocycles. The van der Waals surface area contributed by atoms with Crippen LogP contribution in [0.3, 0.4) is 0 Å². The van der Waals surface area contributed by atoms with Crippen LogP contribution in [0, 0.1) is 16.7 Å². The molecule has 0 atom stereocenters. The van der Waals surface area contributed by atoms with E-state index in [4.69, 9.17) is 10.4 Å². The molecule has 0 aromatic carbocycles. The van der Waals surface area contributed by atoms with E-state index in [1.807, 2.05) is 20.9 Å². The molecule has 0 aromatic heterocycles. The summed E-state index contributed by atoms with van der Waals surface area (Å²) >= 11 is 0. The molecule has 1 N–H and O–H groups in total. The van der Waals surface area contributed by atoms with Crippen molar-refractivity contribution in [2.45, 2.75) is 46.0 Å². The first-order valence-corrected chi connectivity index (χ1v) is 6.19. The zero-order valence-corrected chi connectivity index (χ0v) is 11.2. The molecule has 0 bridgehead atoms. The molecule has 0 saturated heterocycles. The van der Waals surface area contributed by atoms with Gasteiger partial charge < -0.3 is 10.0 Å². The Hall–Kier alpha value is -1.08. The van der Waals surface area contributed by atoms with Crippen LogP contribution in [-0.4, -0.2) is 36.1 Å². The molecule has 0 unspecified atom stereocenters. The van der Waals surface area contributed by atoms with Crippen molar-refractivity contribution in [3.8, 4) is 6.07 Å². The Bertz CT molecular complexity index is 269. The molecule has 0 fully saturated rings. The second kappa shape index (κ2) is 8.08. The molecule has 0 rings (SSSR count). The van der Waals surface area contributed by atoms with Crippen LogP contribution in [0.5, 0.6) is 0 Å². The largest absolute Gasteiger partial charge is 0.481 e. The average molecular weight is 240 g/mol. The monoisotopic (exact) mass is 240 g/mol. The molecule has 0 amide bonds. The SMILES string of the molecule is CN(CCCCC(C)(C)C#N)CCCC(=O)O. The Morgan fingerprint density at radius 1 is 1.29 bits per heavy atom. The summed E-state index contributed by atoms with van der Waals surface area (Å²) in [6.07, 6.45) is 3.98. The van der Waals surface area contributed by atoms with Gasteiger partial charge in [-0.1, -0.05) is 6.42 Å². The van der Waals surface area contributed by atoms with E-state index in [-0.39, 0.29) is 11.8 Å². The van der Waals surface area contributed by atoms with Crippen LogP contribution in [0.25, 0.3) is 0 Å². The second-order valence-electron chi connectivity index (χ2n) is 5.25. The highest BCUT2D eigenvalue weighted by Gasteiger charge is 2.15. The van der Waals surface area contributed by atoms with Crippen LogP contribution >= 0.6 is 0 Å². The van der Waals surface area contributed by atoms with Crippen LogP contribution < -0.4 is 0 Å². The molecule has 17 heavy (non-hydrogen) atoms. The first kappa shape index (κ1) is 15.9. The summed E-state index contributed by atoms with van der Waals surface area (Å²) in [5.41, 5.74) is -0.220. The van der Waals surface area contributed by atoms with Gasteiger partial charge in [0.1, 0.15) is 0 Å². The van der Waals surface area contributed by atoms with Crippen LogP contribution in [0.15, 0.2) is 0 Å². The van der Waals surface area contributed by atoms with Crippen molar-refractivity contribution in [1.82, 2.24) is 4.90 Å². The molecule has 4 heteroatoms. The quantitative estimate of drug-likeness (QED) is 0.629. The maximum Gasteiger partial charge on any atom is 0.303 e. The van der Waals surface area contributed by atoms with E-state index in [1.54, 1.807) is 0 Å². The van der Waals surface area contributed by atoms with E-state index in [0.29, 0.717) is 6.42 Å². The van der Waals surface area contributed by atoms with Gasteiger partial charge in [0.05, 0.1) is 11.5 Å². The second-order valence-corrected chi connectivity index (χ2v) is 5.25. The highest BCUT2D eigenvalue weighted by atomic mass is 16.4. The van der Waals surface area contributed by atoms with E-state index in [1.165, 1.54) is 0 Å². The van der Waals surface area contributed by atoms with Gasteiger partial charge in [0.25, 0.3) is 0 Å². The molecular formula is C13H24N2O2. The van der Waals surface area contributed by atoms with Gasteiger partial charge in [-0.15, -0.1) is 0 Å². The van der Waals surface area contributed by atoms with E-state index in [2.05, 4.69) is 11.0 Å². The molecule has 0 aliphatic rings. The zero-order chi connectivity index (χ0) is 13.3. The summed E-state index contributed by atoms with van der Waals surface area (Å²) in [7, 11) is 2.01. The molecule has 4 nitrogen and oxygen atoms in total. The summed E-state index contributed by atoms with van der Waals surface area (Å²) in [6, 6.07) is 2.30. The molecule has 0 radical (unpaired) electrons. The number of carboxylic acids is 1. The first-order valence-electron chi connectivity index (χ1n) is 6.19. The Labute approximate surface area is 104 Å². The fourth-order valence-corrected chi connectivity index (χ4v) is 1.62. The fraction of sp³-hybridized carbons (Fsp3) is 0.846. The van der Waals surface area contributed by atoms with Gasteiger partial charge >= 0.3 is 5.97 Å². The maximum absolute atomic E-state index is 10.3. The lowest BCUT2D eigenvalue weighted by Gasteiger charge is -2.18. The van der Waals surface area contributed by atoms with Crippen molar-refractivity contribution in [1.29, 1.82) is 5.26 Å². The number of carbonyl (C=O) groups is 1. The predicted molar refractivity (Wildman–Crippen MR) is 67.6 cm³/mol. The Balaban J connectivity index is 3.49. The van der Waals surface area contributed by atoms with Crippen molar-refractivity contribution in [3.63, 3.8) is 0 Å². The van der Waals surface area contributed by atoms with E-state index >= 15 is 0 Å². The number of rotatable bonds is 9. The molecule has 0 spiro atoms. The lowest BCUT2D eigenvalue weighted by atomic mass is 9.89. The van der Waals surface area contributed by atoms with Crippen LogP contribution in [0.4, 0.5) is 0 Å². The lowest BCUT2D eigenvalue weighted by molar-refractivity contribution is -0.137. The predicted octanol–water partition coefficient (Wildman–Crippen LogP) is 2.50. The molecular weight excluding hydrogens is 216 g/mol. The van der Waals surface area contributed by atoms with Gasteiger partial charge in [-0.2, -0.15) is 5.26 Å². The average Bonchev–Trinajstić information content (AvgIpc) is 2.24. The topological polar surface area (TPSA) is 64.3 Å². The minimum atomic E-state index is -0.728. The highest BCUT2D eigenvalue weighted by molar-refractivity contribution is 5.66. The zero-order valence-electron chi connectivity index (χ0n) is 11.2. The standard InChI is InChI=1S/C13H24N2O2/c1-13(2,11-14)8-4-5-9-15(3)10-6-7-12(16)17/h4-10H2,1-3H3,(H,16,17). The third-order valence-electron chi connectivity index (χ3n) is 2.82. The van der Waals surface area contributed by atoms with Gasteiger partial charge in [-0.3, -0.25) is 4.79 Å². The van der Waals surface area contributed by atoms with E-state index in [9.17, 15) is 4.79 Å². The molecule has 0 saturated carbocycles. The van der Waals surface area contributed by atoms with Crippen molar-refractivity contribution in [2.24, 2.45) is 5.41 Å². The number of carboxylic acid groups (broad SMARTS) is 1. The minimum Gasteiger partial charge on any atom is -0.481 e. The van der Waals surface area contributed by atoms with Crippen molar-refractivity contribution >= 4 is 5.97 Å². The minimum absolute atomic E-state index is 0.220. The molecule has 0 aliphatic carbocycles. The van der Waals surface area contributed by atoms with Gasteiger partial charge in [-0.05, 0) is 53.2 Å². The van der Waals surface area contributed by atoms with E-state index in [0.717, 1.165) is 32.4 Å². The summed E-state index contributed by atoms with van der Waals surface area (Å²) in [5, 5.41) is 17.4. The summed E-state index contributed by atoms with van der Waals surface area (Å²) in [6.45, 7) is 5.72. The lowest BCUT2D eigenvalue weighted by Crippen LogP contribution is -2.22. The summed E-state index contributed by atoms with van der Waals surface area (Å²) < 4.78 is 0. The molecule has 0 aromatic rings. The van der Waals surface area contributed by atoms with Crippen LogP contribution in [0.2, 0.25) is 0 Å². The maximum atomic E-state index is 10.3. The summed E-state index contributed by atoms with van der Waals surface area (Å²) in [4.78, 5) is 12.5. The van der Waals surface area contributed by atoms with Crippen LogP contribution in [0.1, 0.15) is 46.0 Å². The summed E-state index contributed by atoms with van der Waals surface area (Å²) in [5.74, 6) is -0.728. The van der Waals surface area contributed by atoms with Crippen molar-refractivity contribution < 1.29 is 9.90 Å². The Kier molecular flexibility index (Phi) is 7.56.